The Morgan fingerprint density at radius 2 is 1.80 bits per heavy atom. The zero-order valence-electron chi connectivity index (χ0n) is 24.6. The number of carbonyl (C=O) groups excluding carboxylic acids is 3. The zero-order chi connectivity index (χ0) is 31.2. The molecule has 44 heavy (non-hydrogen) atoms. The number of aliphatic hydroxyl groups excluding tert-OH is 2. The molecular weight excluding hydrogens is 564 g/mol. The van der Waals surface area contributed by atoms with Crippen LogP contribution < -0.4 is 19.5 Å². The number of ether oxygens (including phenoxy) is 3. The van der Waals surface area contributed by atoms with Crippen LogP contribution in [0, 0.1) is 0 Å². The van der Waals surface area contributed by atoms with Crippen molar-refractivity contribution < 1.29 is 38.8 Å². The lowest BCUT2D eigenvalue weighted by Gasteiger charge is -2.41. The van der Waals surface area contributed by atoms with Crippen LogP contribution in [-0.2, 0) is 22.4 Å². The van der Waals surface area contributed by atoms with E-state index < -0.39 is 30.1 Å². The molecule has 3 N–H and O–H groups in total. The molecule has 0 aromatic heterocycles. The highest BCUT2D eigenvalue weighted by molar-refractivity contribution is 5.96. The van der Waals surface area contributed by atoms with Crippen molar-refractivity contribution in [3.8, 4) is 17.2 Å². The molecule has 10 heteroatoms. The van der Waals surface area contributed by atoms with Gasteiger partial charge in [-0.3, -0.25) is 14.4 Å². The van der Waals surface area contributed by atoms with Crippen molar-refractivity contribution in [1.82, 2.24) is 10.2 Å². The summed E-state index contributed by atoms with van der Waals surface area (Å²) in [6.07, 6.45) is 0.674. The van der Waals surface area contributed by atoms with E-state index >= 15 is 0 Å². The number of fused-ring (bicyclic) bond motifs is 3. The van der Waals surface area contributed by atoms with Crippen LogP contribution in [0.25, 0.3) is 0 Å². The molecule has 0 spiro atoms. The Kier molecular flexibility index (Phi) is 9.62. The zero-order valence-corrected chi connectivity index (χ0v) is 24.6. The van der Waals surface area contributed by atoms with Gasteiger partial charge in [0, 0.05) is 29.8 Å². The number of carbonyl (C=O) groups is 3. The molecule has 230 valence electrons. The van der Waals surface area contributed by atoms with Gasteiger partial charge in [0.1, 0.15) is 24.2 Å². The highest BCUT2D eigenvalue weighted by Crippen LogP contribution is 2.51. The SMILES string of the molecule is COc1cccc(CCN(C(=O)Cc2ccccc2)[C@@H]2C=C(C(=O)NCCO)[C@@H]3c4cc(C=O)cc(OC)c4O[C@@H]3[C@H]2O)c1. The highest BCUT2D eigenvalue weighted by Gasteiger charge is 2.51. The van der Waals surface area contributed by atoms with Gasteiger partial charge in [-0.25, -0.2) is 0 Å². The van der Waals surface area contributed by atoms with Crippen molar-refractivity contribution in [1.29, 1.82) is 0 Å². The summed E-state index contributed by atoms with van der Waals surface area (Å²) in [6.45, 7) is -0.0121. The second-order valence-electron chi connectivity index (χ2n) is 10.8. The van der Waals surface area contributed by atoms with E-state index in [1.54, 1.807) is 24.2 Å². The van der Waals surface area contributed by atoms with Crippen LogP contribution in [0.15, 0.2) is 78.4 Å². The summed E-state index contributed by atoms with van der Waals surface area (Å²) in [5.41, 5.74) is 2.87. The lowest BCUT2D eigenvalue weighted by atomic mass is 9.77. The quantitative estimate of drug-likeness (QED) is 0.270. The second-order valence-corrected chi connectivity index (χ2v) is 10.8. The number of nitrogens with zero attached hydrogens (tertiary/aromatic N) is 1. The fraction of sp³-hybridized carbons (Fsp3) is 0.324. The van der Waals surface area contributed by atoms with E-state index in [2.05, 4.69) is 5.32 Å². The summed E-state index contributed by atoms with van der Waals surface area (Å²) < 4.78 is 17.1. The normalized spacial score (nSPS) is 20.0. The third kappa shape index (κ3) is 6.31. The Bertz CT molecular complexity index is 1540. The third-order valence-corrected chi connectivity index (χ3v) is 8.06. The molecule has 1 heterocycles. The lowest BCUT2D eigenvalue weighted by molar-refractivity contribution is -0.136. The van der Waals surface area contributed by atoms with Crippen molar-refractivity contribution in [3.05, 3.63) is 101 Å². The minimum Gasteiger partial charge on any atom is -0.497 e. The van der Waals surface area contributed by atoms with Gasteiger partial charge in [-0.05, 0) is 47.9 Å². The van der Waals surface area contributed by atoms with Gasteiger partial charge in [-0.2, -0.15) is 0 Å². The maximum atomic E-state index is 14.0. The van der Waals surface area contributed by atoms with E-state index in [-0.39, 0.29) is 37.6 Å². The molecule has 1 aliphatic carbocycles. The number of rotatable bonds is 12. The van der Waals surface area contributed by atoms with E-state index in [1.807, 2.05) is 54.6 Å². The topological polar surface area (TPSA) is 135 Å². The third-order valence-electron chi connectivity index (χ3n) is 8.06. The number of methoxy groups -OCH3 is 2. The van der Waals surface area contributed by atoms with Gasteiger partial charge < -0.3 is 34.6 Å². The average Bonchev–Trinajstić information content (AvgIpc) is 3.44. The predicted octanol–water partition coefficient (Wildman–Crippen LogP) is 2.45. The molecule has 0 saturated heterocycles. The van der Waals surface area contributed by atoms with Gasteiger partial charge in [0.25, 0.3) is 0 Å². The highest BCUT2D eigenvalue weighted by atomic mass is 16.5. The van der Waals surface area contributed by atoms with Crippen molar-refractivity contribution in [2.24, 2.45) is 0 Å². The Morgan fingerprint density at radius 1 is 1.02 bits per heavy atom. The van der Waals surface area contributed by atoms with Crippen LogP contribution in [-0.4, -0.2) is 85.4 Å². The van der Waals surface area contributed by atoms with Gasteiger partial charge >= 0.3 is 0 Å². The van der Waals surface area contributed by atoms with Crippen molar-refractivity contribution in [3.63, 3.8) is 0 Å². The summed E-state index contributed by atoms with van der Waals surface area (Å²) in [4.78, 5) is 40.9. The number of benzene rings is 3. The van der Waals surface area contributed by atoms with Gasteiger partial charge in [0.15, 0.2) is 11.5 Å². The Hall–Kier alpha value is -4.67. The van der Waals surface area contributed by atoms with Crippen molar-refractivity contribution >= 4 is 18.1 Å². The Labute approximate surface area is 255 Å². The molecule has 5 rings (SSSR count). The molecule has 0 unspecified atom stereocenters. The first-order valence-corrected chi connectivity index (χ1v) is 14.5. The van der Waals surface area contributed by atoms with Gasteiger partial charge in [0.05, 0.1) is 39.2 Å². The van der Waals surface area contributed by atoms with Crippen LogP contribution in [0.2, 0.25) is 0 Å². The smallest absolute Gasteiger partial charge is 0.247 e. The summed E-state index contributed by atoms with van der Waals surface area (Å²) >= 11 is 0. The van der Waals surface area contributed by atoms with Crippen LogP contribution in [0.1, 0.15) is 33.0 Å². The van der Waals surface area contributed by atoms with E-state index in [9.17, 15) is 24.6 Å². The molecule has 0 radical (unpaired) electrons. The summed E-state index contributed by atoms with van der Waals surface area (Å²) in [5.74, 6) is -0.132. The van der Waals surface area contributed by atoms with E-state index in [1.165, 1.54) is 13.2 Å². The second kappa shape index (κ2) is 13.7. The number of amides is 2. The maximum absolute atomic E-state index is 14.0. The van der Waals surface area contributed by atoms with Crippen molar-refractivity contribution in [2.45, 2.75) is 37.0 Å². The van der Waals surface area contributed by atoms with Gasteiger partial charge in [-0.15, -0.1) is 0 Å². The Balaban J connectivity index is 1.56. The minimum absolute atomic E-state index is 0.0126. The van der Waals surface area contributed by atoms with Gasteiger partial charge in [0.2, 0.25) is 11.8 Å². The van der Waals surface area contributed by atoms with E-state index in [0.717, 1.165) is 11.1 Å². The summed E-state index contributed by atoms with van der Waals surface area (Å²) in [5, 5.41) is 24.0. The summed E-state index contributed by atoms with van der Waals surface area (Å²) in [7, 11) is 3.03. The number of aldehydes is 1. The van der Waals surface area contributed by atoms with Crippen LogP contribution in [0.4, 0.5) is 0 Å². The van der Waals surface area contributed by atoms with Crippen LogP contribution >= 0.6 is 0 Å². The largest absolute Gasteiger partial charge is 0.497 e. The first-order chi connectivity index (χ1) is 21.4. The molecule has 2 amide bonds. The average molecular weight is 601 g/mol. The molecule has 0 bridgehead atoms. The number of nitrogens with one attached hydrogen (secondary N) is 1. The molecular formula is C34H36N2O8. The fourth-order valence-electron chi connectivity index (χ4n) is 5.95. The molecule has 4 atom stereocenters. The van der Waals surface area contributed by atoms with E-state index in [0.29, 0.717) is 41.1 Å². The van der Waals surface area contributed by atoms with Crippen LogP contribution in [0.5, 0.6) is 17.2 Å². The number of hydrogen-bond donors (Lipinski definition) is 3. The molecule has 3 aromatic carbocycles. The molecule has 0 saturated carbocycles. The molecule has 3 aromatic rings. The maximum Gasteiger partial charge on any atom is 0.247 e. The fourth-order valence-corrected chi connectivity index (χ4v) is 5.95. The number of hydrogen-bond acceptors (Lipinski definition) is 8. The molecule has 10 nitrogen and oxygen atoms in total. The van der Waals surface area contributed by atoms with E-state index in [4.69, 9.17) is 14.2 Å². The minimum atomic E-state index is -1.23. The first kappa shape index (κ1) is 30.8. The number of aliphatic hydroxyl groups is 2. The summed E-state index contributed by atoms with van der Waals surface area (Å²) in [6, 6.07) is 19.1. The molecule has 2 aliphatic rings. The first-order valence-electron chi connectivity index (χ1n) is 14.5. The lowest BCUT2D eigenvalue weighted by Crippen LogP contribution is -2.56. The van der Waals surface area contributed by atoms with Crippen molar-refractivity contribution in [2.75, 3.05) is 33.9 Å². The monoisotopic (exact) mass is 600 g/mol. The molecule has 0 fully saturated rings. The predicted molar refractivity (Wildman–Crippen MR) is 162 cm³/mol. The Morgan fingerprint density at radius 3 is 2.50 bits per heavy atom. The molecule has 1 aliphatic heterocycles. The van der Waals surface area contributed by atoms with Crippen LogP contribution in [0.3, 0.4) is 0 Å². The van der Waals surface area contributed by atoms with Gasteiger partial charge in [-0.1, -0.05) is 42.5 Å². The standard InChI is InChI=1S/C34H36N2O8/c1-42-24-10-6-9-22(15-24)11-13-36(29(39)18-21-7-4-3-5-8-21)27-19-26(34(41)35-12-14-37)30-25-16-23(20-38)17-28(43-2)32(25)44-33(30)31(27)40/h3-10,15-17,19-20,27,30-31,33,37,40H,11-14,18H2,1-2H3,(H,35,41)/t27-,30+,31+,33+/m1/s1.